The predicted molar refractivity (Wildman–Crippen MR) is 84.3 cm³/mol. The summed E-state index contributed by atoms with van der Waals surface area (Å²) in [5.74, 6) is 0.869. The number of carbonyl (C=O) groups is 1. The van der Waals surface area contributed by atoms with Crippen molar-refractivity contribution >= 4 is 16.9 Å². The van der Waals surface area contributed by atoms with Gasteiger partial charge in [-0.1, -0.05) is 12.1 Å². The van der Waals surface area contributed by atoms with E-state index in [1.807, 2.05) is 36.2 Å². The van der Waals surface area contributed by atoms with Crippen LogP contribution in [0.4, 0.5) is 0 Å². The highest BCUT2D eigenvalue weighted by molar-refractivity contribution is 5.83. The molecule has 1 aliphatic rings. The molecule has 2 aromatic rings. The first-order valence-corrected chi connectivity index (χ1v) is 7.60. The van der Waals surface area contributed by atoms with Gasteiger partial charge in [0.25, 0.3) is 0 Å². The van der Waals surface area contributed by atoms with Gasteiger partial charge in [-0.15, -0.1) is 0 Å². The Kier molecular flexibility index (Phi) is 4.13. The molecule has 6 nitrogen and oxygen atoms in total. The third-order valence-electron chi connectivity index (χ3n) is 4.32. The van der Waals surface area contributed by atoms with Crippen LogP contribution in [0, 0.1) is 0 Å². The molecule has 1 fully saturated rings. The number of aryl methyl sites for hydroxylation is 1. The Bertz CT molecular complexity index is 682. The van der Waals surface area contributed by atoms with E-state index in [0.29, 0.717) is 0 Å². The minimum absolute atomic E-state index is 0.00666. The Morgan fingerprint density at radius 1 is 1.50 bits per heavy atom. The van der Waals surface area contributed by atoms with Crippen molar-refractivity contribution in [3.8, 4) is 0 Å². The summed E-state index contributed by atoms with van der Waals surface area (Å²) >= 11 is 0. The van der Waals surface area contributed by atoms with Gasteiger partial charge < -0.3 is 19.9 Å². The zero-order valence-electron chi connectivity index (χ0n) is 13.0. The van der Waals surface area contributed by atoms with Gasteiger partial charge in [0.2, 0.25) is 5.91 Å². The van der Waals surface area contributed by atoms with Crippen LogP contribution in [0.3, 0.4) is 0 Å². The molecule has 1 aliphatic heterocycles. The molecule has 1 aromatic heterocycles. The second-order valence-electron chi connectivity index (χ2n) is 5.77. The van der Waals surface area contributed by atoms with Crippen molar-refractivity contribution in [2.75, 3.05) is 20.3 Å². The lowest BCUT2D eigenvalue weighted by Crippen LogP contribution is -2.46. The van der Waals surface area contributed by atoms with Gasteiger partial charge in [0.05, 0.1) is 23.7 Å². The molecule has 3 rings (SSSR count). The van der Waals surface area contributed by atoms with Crippen LogP contribution in [0.2, 0.25) is 0 Å². The van der Waals surface area contributed by atoms with Gasteiger partial charge in [-0.05, 0) is 25.0 Å². The smallest absolute Gasteiger partial charge is 0.242 e. The Labute approximate surface area is 129 Å². The van der Waals surface area contributed by atoms with Crippen LogP contribution in [0.1, 0.15) is 24.7 Å². The average molecular weight is 302 g/mol. The SMILES string of the molecule is COCC(N)C(=O)N1CCCC1c1nc2ccccc2n1C. The minimum atomic E-state index is -0.611. The van der Waals surface area contributed by atoms with E-state index in [-0.39, 0.29) is 18.6 Å². The summed E-state index contributed by atoms with van der Waals surface area (Å²) in [6, 6.07) is 7.40. The van der Waals surface area contributed by atoms with E-state index in [1.54, 1.807) is 7.11 Å². The first-order chi connectivity index (χ1) is 10.6. The number of imidazole rings is 1. The summed E-state index contributed by atoms with van der Waals surface area (Å²) < 4.78 is 7.08. The number of hydrogen-bond acceptors (Lipinski definition) is 4. The van der Waals surface area contributed by atoms with Crippen LogP contribution < -0.4 is 5.73 Å². The van der Waals surface area contributed by atoms with Crippen LogP contribution in [0.5, 0.6) is 0 Å². The summed E-state index contributed by atoms with van der Waals surface area (Å²) in [6.45, 7) is 0.967. The van der Waals surface area contributed by atoms with E-state index in [9.17, 15) is 4.79 Å². The van der Waals surface area contributed by atoms with E-state index < -0.39 is 6.04 Å². The lowest BCUT2D eigenvalue weighted by Gasteiger charge is -2.26. The van der Waals surface area contributed by atoms with Gasteiger partial charge in [-0.25, -0.2) is 4.98 Å². The van der Waals surface area contributed by atoms with Gasteiger partial charge in [0.15, 0.2) is 0 Å². The first-order valence-electron chi connectivity index (χ1n) is 7.60. The molecule has 6 heteroatoms. The number of methoxy groups -OCH3 is 1. The molecule has 1 amide bonds. The van der Waals surface area contributed by atoms with Crippen LogP contribution in [0.15, 0.2) is 24.3 Å². The molecule has 2 atom stereocenters. The molecule has 0 spiro atoms. The number of nitrogens with two attached hydrogens (primary N) is 1. The highest BCUT2D eigenvalue weighted by atomic mass is 16.5. The number of rotatable bonds is 4. The molecule has 0 aliphatic carbocycles. The Morgan fingerprint density at radius 3 is 3.00 bits per heavy atom. The van der Waals surface area contributed by atoms with Gasteiger partial charge in [-0.3, -0.25) is 4.79 Å². The van der Waals surface area contributed by atoms with Crippen molar-refractivity contribution in [1.82, 2.24) is 14.5 Å². The molecule has 0 bridgehead atoms. The zero-order chi connectivity index (χ0) is 15.7. The fourth-order valence-electron chi connectivity index (χ4n) is 3.22. The molecule has 2 unspecified atom stereocenters. The maximum atomic E-state index is 12.5. The summed E-state index contributed by atoms with van der Waals surface area (Å²) in [6.07, 6.45) is 1.89. The van der Waals surface area contributed by atoms with Crippen LogP contribution in [-0.4, -0.2) is 46.7 Å². The van der Waals surface area contributed by atoms with Crippen LogP contribution >= 0.6 is 0 Å². The van der Waals surface area contributed by atoms with Gasteiger partial charge in [0.1, 0.15) is 11.9 Å². The number of fused-ring (bicyclic) bond motifs is 1. The Morgan fingerprint density at radius 2 is 2.27 bits per heavy atom. The van der Waals surface area contributed by atoms with Crippen molar-refractivity contribution in [2.45, 2.75) is 24.9 Å². The Hall–Kier alpha value is -1.92. The van der Waals surface area contributed by atoms with Crippen molar-refractivity contribution in [2.24, 2.45) is 12.8 Å². The molecule has 22 heavy (non-hydrogen) atoms. The largest absolute Gasteiger partial charge is 0.383 e. The van der Waals surface area contributed by atoms with Gasteiger partial charge in [-0.2, -0.15) is 0 Å². The summed E-state index contributed by atoms with van der Waals surface area (Å²) in [7, 11) is 3.56. The zero-order valence-corrected chi connectivity index (χ0v) is 13.0. The molecule has 1 aromatic carbocycles. The lowest BCUT2D eigenvalue weighted by atomic mass is 10.2. The number of ether oxygens (including phenoxy) is 1. The third kappa shape index (κ3) is 2.48. The van der Waals surface area contributed by atoms with E-state index >= 15 is 0 Å². The fourth-order valence-corrected chi connectivity index (χ4v) is 3.22. The number of hydrogen-bond donors (Lipinski definition) is 1. The number of carbonyl (C=O) groups excluding carboxylic acids is 1. The van der Waals surface area contributed by atoms with Crippen molar-refractivity contribution in [3.05, 3.63) is 30.1 Å². The third-order valence-corrected chi connectivity index (χ3v) is 4.32. The standard InChI is InChI=1S/C16H22N4O2/c1-19-13-7-4-3-6-12(13)18-15(19)14-8-5-9-20(14)16(21)11(17)10-22-2/h3-4,6-7,11,14H,5,8-10,17H2,1-2H3. The Balaban J connectivity index is 1.92. The maximum absolute atomic E-state index is 12.5. The molecule has 0 saturated carbocycles. The average Bonchev–Trinajstić information content (AvgIpc) is 3.12. The topological polar surface area (TPSA) is 73.4 Å². The molecule has 2 N–H and O–H groups in total. The van der Waals surface area contributed by atoms with Gasteiger partial charge >= 0.3 is 0 Å². The van der Waals surface area contributed by atoms with Crippen molar-refractivity contribution in [1.29, 1.82) is 0 Å². The summed E-state index contributed by atoms with van der Waals surface area (Å²) in [4.78, 5) is 19.1. The highest BCUT2D eigenvalue weighted by Gasteiger charge is 2.35. The predicted octanol–water partition coefficient (Wildman–Crippen LogP) is 1.21. The lowest BCUT2D eigenvalue weighted by molar-refractivity contribution is -0.134. The molecular formula is C16H22N4O2. The summed E-state index contributed by atoms with van der Waals surface area (Å²) in [5, 5.41) is 0. The molecule has 2 heterocycles. The minimum Gasteiger partial charge on any atom is -0.383 e. The first kappa shape index (κ1) is 15.0. The summed E-state index contributed by atoms with van der Waals surface area (Å²) in [5.41, 5.74) is 7.96. The molecular weight excluding hydrogens is 280 g/mol. The van der Waals surface area contributed by atoms with Crippen LogP contribution in [-0.2, 0) is 16.6 Å². The second-order valence-corrected chi connectivity index (χ2v) is 5.77. The molecule has 118 valence electrons. The molecule has 0 radical (unpaired) electrons. The number of aromatic nitrogens is 2. The van der Waals surface area contributed by atoms with Crippen molar-refractivity contribution < 1.29 is 9.53 Å². The number of benzene rings is 1. The van der Waals surface area contributed by atoms with Gasteiger partial charge in [0, 0.05) is 20.7 Å². The molecule has 1 saturated heterocycles. The fraction of sp³-hybridized carbons (Fsp3) is 0.500. The van der Waals surface area contributed by atoms with Crippen LogP contribution in [0.25, 0.3) is 11.0 Å². The normalized spacial score (nSPS) is 19.8. The van der Waals surface area contributed by atoms with E-state index in [1.165, 1.54) is 0 Å². The quantitative estimate of drug-likeness (QED) is 0.921. The monoisotopic (exact) mass is 302 g/mol. The highest BCUT2D eigenvalue weighted by Crippen LogP contribution is 2.33. The van der Waals surface area contributed by atoms with Crippen molar-refractivity contribution in [3.63, 3.8) is 0 Å². The number of para-hydroxylation sites is 2. The van der Waals surface area contributed by atoms with E-state index in [2.05, 4.69) is 4.57 Å². The maximum Gasteiger partial charge on any atom is 0.242 e. The second kappa shape index (κ2) is 6.06. The van der Waals surface area contributed by atoms with E-state index in [0.717, 1.165) is 36.2 Å². The van der Waals surface area contributed by atoms with E-state index in [4.69, 9.17) is 15.5 Å². The number of likely N-dealkylation sites (tertiary alicyclic amines) is 1. The number of amides is 1. The number of nitrogens with zero attached hydrogens (tertiary/aromatic N) is 3.